The molecule has 1 unspecified atom stereocenters. The van der Waals surface area contributed by atoms with Gasteiger partial charge in [0.05, 0.1) is 13.7 Å². The van der Waals surface area contributed by atoms with Crippen LogP contribution in [0.4, 0.5) is 5.82 Å². The number of rotatable bonds is 7. The van der Waals surface area contributed by atoms with Crippen molar-refractivity contribution in [2.24, 2.45) is 0 Å². The van der Waals surface area contributed by atoms with Gasteiger partial charge >= 0.3 is 0 Å². The van der Waals surface area contributed by atoms with E-state index in [9.17, 15) is 0 Å². The highest BCUT2D eigenvalue weighted by atomic mass is 16.5. The molecule has 0 amide bonds. The molecule has 0 aliphatic heterocycles. The summed E-state index contributed by atoms with van der Waals surface area (Å²) < 4.78 is 12.8. The lowest BCUT2D eigenvalue weighted by Gasteiger charge is -2.16. The number of methoxy groups -OCH3 is 1. The van der Waals surface area contributed by atoms with E-state index in [1.54, 1.807) is 11.6 Å². The van der Waals surface area contributed by atoms with Crippen LogP contribution in [0.3, 0.4) is 0 Å². The van der Waals surface area contributed by atoms with Crippen molar-refractivity contribution in [3.8, 4) is 22.9 Å². The van der Waals surface area contributed by atoms with Gasteiger partial charge in [-0.2, -0.15) is 4.52 Å². The summed E-state index contributed by atoms with van der Waals surface area (Å²) in [7, 11) is 1.64. The van der Waals surface area contributed by atoms with E-state index in [1.807, 2.05) is 73.7 Å². The standard InChI is InChI=1S/C21H21N5O2/c1-15(28-18-10-8-17(27-2)9-11-18)14-22-19-12-13-20-23-24-21(26(20)25-19)16-6-4-3-5-7-16/h3-13,15H,14H2,1-2H3,(H,22,25). The van der Waals surface area contributed by atoms with E-state index < -0.39 is 0 Å². The predicted molar refractivity (Wildman–Crippen MR) is 108 cm³/mol. The third-order valence-electron chi connectivity index (χ3n) is 4.26. The summed E-state index contributed by atoms with van der Waals surface area (Å²) in [6, 6.07) is 21.2. The van der Waals surface area contributed by atoms with E-state index in [0.717, 1.165) is 22.9 Å². The Morgan fingerprint density at radius 1 is 0.929 bits per heavy atom. The molecule has 0 aliphatic rings. The first-order valence-electron chi connectivity index (χ1n) is 9.05. The molecule has 2 heterocycles. The highest BCUT2D eigenvalue weighted by Gasteiger charge is 2.10. The minimum absolute atomic E-state index is 0.0413. The van der Waals surface area contributed by atoms with Gasteiger partial charge in [0.1, 0.15) is 23.4 Å². The molecule has 1 N–H and O–H groups in total. The lowest BCUT2D eigenvalue weighted by atomic mass is 10.2. The number of hydrogen-bond acceptors (Lipinski definition) is 6. The van der Waals surface area contributed by atoms with Crippen molar-refractivity contribution in [3.05, 3.63) is 66.7 Å². The van der Waals surface area contributed by atoms with E-state index in [1.165, 1.54) is 0 Å². The quantitative estimate of drug-likeness (QED) is 0.531. The molecule has 28 heavy (non-hydrogen) atoms. The summed E-state index contributed by atoms with van der Waals surface area (Å²) >= 11 is 0. The number of nitrogens with one attached hydrogen (secondary N) is 1. The molecular formula is C21H21N5O2. The minimum atomic E-state index is -0.0413. The average molecular weight is 375 g/mol. The lowest BCUT2D eigenvalue weighted by Crippen LogP contribution is -2.23. The fourth-order valence-electron chi connectivity index (χ4n) is 2.83. The van der Waals surface area contributed by atoms with E-state index in [2.05, 4.69) is 20.6 Å². The van der Waals surface area contributed by atoms with Gasteiger partial charge < -0.3 is 14.8 Å². The lowest BCUT2D eigenvalue weighted by molar-refractivity contribution is 0.234. The van der Waals surface area contributed by atoms with Gasteiger partial charge in [0, 0.05) is 5.56 Å². The SMILES string of the molecule is COc1ccc(OC(C)CNc2ccc3nnc(-c4ccccc4)n3n2)cc1. The Morgan fingerprint density at radius 3 is 2.43 bits per heavy atom. The Bertz CT molecular complexity index is 1050. The van der Waals surface area contributed by atoms with Crippen LogP contribution in [0.1, 0.15) is 6.92 Å². The van der Waals surface area contributed by atoms with Gasteiger partial charge in [-0.25, -0.2) is 0 Å². The fraction of sp³-hybridized carbons (Fsp3) is 0.190. The zero-order valence-electron chi connectivity index (χ0n) is 15.7. The molecule has 0 saturated heterocycles. The van der Waals surface area contributed by atoms with Gasteiger partial charge in [0.2, 0.25) is 0 Å². The average Bonchev–Trinajstić information content (AvgIpc) is 3.17. The van der Waals surface area contributed by atoms with Crippen molar-refractivity contribution in [1.29, 1.82) is 0 Å². The van der Waals surface area contributed by atoms with Crippen LogP contribution in [0, 0.1) is 0 Å². The van der Waals surface area contributed by atoms with Gasteiger partial charge in [-0.1, -0.05) is 30.3 Å². The Hall–Kier alpha value is -3.61. The molecular weight excluding hydrogens is 354 g/mol. The second-order valence-electron chi connectivity index (χ2n) is 6.36. The molecule has 0 saturated carbocycles. The van der Waals surface area contributed by atoms with E-state index >= 15 is 0 Å². The van der Waals surface area contributed by atoms with Crippen molar-refractivity contribution in [3.63, 3.8) is 0 Å². The van der Waals surface area contributed by atoms with E-state index in [0.29, 0.717) is 18.0 Å². The number of benzene rings is 2. The van der Waals surface area contributed by atoms with Crippen molar-refractivity contribution < 1.29 is 9.47 Å². The summed E-state index contributed by atoms with van der Waals surface area (Å²) in [5.74, 6) is 3.04. The second kappa shape index (κ2) is 7.96. The normalized spacial score (nSPS) is 11.9. The maximum atomic E-state index is 5.92. The predicted octanol–water partition coefficient (Wildman–Crippen LogP) is 3.68. The van der Waals surface area contributed by atoms with Crippen molar-refractivity contribution >= 4 is 11.5 Å². The number of aromatic nitrogens is 4. The van der Waals surface area contributed by atoms with Crippen molar-refractivity contribution in [2.75, 3.05) is 19.0 Å². The molecule has 0 bridgehead atoms. The maximum Gasteiger partial charge on any atom is 0.185 e. The molecule has 0 fully saturated rings. The molecule has 2 aromatic carbocycles. The molecule has 142 valence electrons. The summed E-state index contributed by atoms with van der Waals surface area (Å²) in [4.78, 5) is 0. The molecule has 0 radical (unpaired) electrons. The zero-order chi connectivity index (χ0) is 19.3. The van der Waals surface area contributed by atoms with Crippen LogP contribution in [0.15, 0.2) is 66.7 Å². The third-order valence-corrected chi connectivity index (χ3v) is 4.26. The number of anilines is 1. The Kier molecular flexibility index (Phi) is 5.05. The van der Waals surface area contributed by atoms with Crippen LogP contribution in [-0.4, -0.2) is 39.6 Å². The Balaban J connectivity index is 1.44. The third kappa shape index (κ3) is 3.88. The first-order valence-corrected chi connectivity index (χ1v) is 9.05. The molecule has 0 spiro atoms. The van der Waals surface area contributed by atoms with Crippen molar-refractivity contribution in [1.82, 2.24) is 19.8 Å². The largest absolute Gasteiger partial charge is 0.497 e. The van der Waals surface area contributed by atoms with E-state index in [-0.39, 0.29) is 6.10 Å². The molecule has 2 aromatic heterocycles. The summed E-state index contributed by atoms with van der Waals surface area (Å²) in [6.07, 6.45) is -0.0413. The van der Waals surface area contributed by atoms with Crippen LogP contribution in [0.5, 0.6) is 11.5 Å². The number of ether oxygens (including phenoxy) is 2. The van der Waals surface area contributed by atoms with Gasteiger partial charge in [-0.3, -0.25) is 0 Å². The number of nitrogens with zero attached hydrogens (tertiary/aromatic N) is 4. The molecule has 1 atom stereocenters. The first kappa shape index (κ1) is 17.8. The Morgan fingerprint density at radius 2 is 1.68 bits per heavy atom. The van der Waals surface area contributed by atoms with Crippen LogP contribution in [0.25, 0.3) is 17.0 Å². The number of hydrogen-bond donors (Lipinski definition) is 1. The molecule has 4 aromatic rings. The fourth-order valence-corrected chi connectivity index (χ4v) is 2.83. The van der Waals surface area contributed by atoms with Gasteiger partial charge in [0.15, 0.2) is 11.5 Å². The first-order chi connectivity index (χ1) is 13.7. The topological polar surface area (TPSA) is 73.6 Å². The summed E-state index contributed by atoms with van der Waals surface area (Å²) in [5.41, 5.74) is 1.67. The Labute approximate surface area is 162 Å². The van der Waals surface area contributed by atoms with Gasteiger partial charge in [0.25, 0.3) is 0 Å². The molecule has 0 aliphatic carbocycles. The highest BCUT2D eigenvalue weighted by molar-refractivity contribution is 5.59. The molecule has 7 heteroatoms. The van der Waals surface area contributed by atoms with Gasteiger partial charge in [-0.15, -0.1) is 15.3 Å². The minimum Gasteiger partial charge on any atom is -0.497 e. The highest BCUT2D eigenvalue weighted by Crippen LogP contribution is 2.19. The summed E-state index contributed by atoms with van der Waals surface area (Å²) in [6.45, 7) is 2.61. The zero-order valence-corrected chi connectivity index (χ0v) is 15.7. The van der Waals surface area contributed by atoms with Crippen LogP contribution < -0.4 is 14.8 Å². The van der Waals surface area contributed by atoms with Crippen molar-refractivity contribution in [2.45, 2.75) is 13.0 Å². The smallest absolute Gasteiger partial charge is 0.185 e. The van der Waals surface area contributed by atoms with Crippen LogP contribution in [0.2, 0.25) is 0 Å². The molecule has 4 rings (SSSR count). The second-order valence-corrected chi connectivity index (χ2v) is 6.36. The maximum absolute atomic E-state index is 5.92. The monoisotopic (exact) mass is 375 g/mol. The van der Waals surface area contributed by atoms with Crippen LogP contribution in [-0.2, 0) is 0 Å². The summed E-state index contributed by atoms with van der Waals surface area (Å²) in [5, 5.41) is 16.4. The van der Waals surface area contributed by atoms with Crippen LogP contribution >= 0.6 is 0 Å². The molecule has 7 nitrogen and oxygen atoms in total. The van der Waals surface area contributed by atoms with E-state index in [4.69, 9.17) is 9.47 Å². The van der Waals surface area contributed by atoms with Gasteiger partial charge in [-0.05, 0) is 43.3 Å². The number of fused-ring (bicyclic) bond motifs is 1.